The third-order valence-corrected chi connectivity index (χ3v) is 3.70. The predicted octanol–water partition coefficient (Wildman–Crippen LogP) is 2.30. The first-order valence-electron chi connectivity index (χ1n) is 6.83. The first-order chi connectivity index (χ1) is 9.56. The summed E-state index contributed by atoms with van der Waals surface area (Å²) >= 11 is 0. The van der Waals surface area contributed by atoms with Crippen molar-refractivity contribution in [2.45, 2.75) is 39.7 Å². The second-order valence-electron chi connectivity index (χ2n) is 5.26. The Labute approximate surface area is 117 Å². The molecule has 1 amide bonds. The van der Waals surface area contributed by atoms with E-state index in [1.165, 1.54) is 0 Å². The fourth-order valence-electron chi connectivity index (χ4n) is 2.79. The Kier molecular flexibility index (Phi) is 3.08. The maximum absolute atomic E-state index is 12.7. The number of aromatic nitrogens is 3. The lowest BCUT2D eigenvalue weighted by Crippen LogP contribution is -2.31. The molecule has 20 heavy (non-hydrogen) atoms. The van der Waals surface area contributed by atoms with Gasteiger partial charge in [-0.1, -0.05) is 0 Å². The van der Waals surface area contributed by atoms with Gasteiger partial charge in [0.1, 0.15) is 17.3 Å². The fourth-order valence-corrected chi connectivity index (χ4v) is 2.79. The van der Waals surface area contributed by atoms with Crippen LogP contribution >= 0.6 is 0 Å². The summed E-state index contributed by atoms with van der Waals surface area (Å²) in [6.45, 7) is 6.27. The number of rotatable bonds is 2. The van der Waals surface area contributed by atoms with Crippen LogP contribution in [0, 0.1) is 20.8 Å². The van der Waals surface area contributed by atoms with Crippen molar-refractivity contribution >= 4 is 5.91 Å². The highest BCUT2D eigenvalue weighted by Gasteiger charge is 2.34. The van der Waals surface area contributed by atoms with Crippen molar-refractivity contribution < 1.29 is 9.21 Å². The molecule has 0 unspecified atom stereocenters. The highest BCUT2D eigenvalue weighted by atomic mass is 16.3. The molecule has 106 valence electrons. The Hall–Kier alpha value is -2.11. The number of H-pyrrole nitrogens is 1. The fraction of sp³-hybridized carbons (Fsp3) is 0.500. The standard InChI is InChI=1S/C14H18N4O2/c1-8-7-11(9(2)20-8)14(19)18-6-4-5-12(18)13-15-10(3)16-17-13/h7,12H,4-6H2,1-3H3,(H,15,16,17)/t12-/m0/s1. The molecule has 1 fully saturated rings. The Morgan fingerprint density at radius 3 is 2.85 bits per heavy atom. The molecule has 0 radical (unpaired) electrons. The molecule has 0 saturated carbocycles. The summed E-state index contributed by atoms with van der Waals surface area (Å²) in [6.07, 6.45) is 1.87. The number of hydrogen-bond donors (Lipinski definition) is 1. The van der Waals surface area contributed by atoms with E-state index >= 15 is 0 Å². The van der Waals surface area contributed by atoms with Gasteiger partial charge in [0.15, 0.2) is 5.82 Å². The maximum atomic E-state index is 12.7. The number of nitrogens with one attached hydrogen (secondary N) is 1. The molecule has 1 aliphatic rings. The normalized spacial score (nSPS) is 18.8. The molecule has 0 bridgehead atoms. The molecular formula is C14H18N4O2. The van der Waals surface area contributed by atoms with Crippen LogP contribution in [0.1, 0.15) is 52.4 Å². The summed E-state index contributed by atoms with van der Waals surface area (Å²) in [5.74, 6) is 2.91. The molecule has 2 aromatic rings. The lowest BCUT2D eigenvalue weighted by Gasteiger charge is -2.22. The third kappa shape index (κ3) is 2.11. The van der Waals surface area contributed by atoms with Gasteiger partial charge in [0, 0.05) is 6.54 Å². The number of nitrogens with zero attached hydrogens (tertiary/aromatic N) is 3. The van der Waals surface area contributed by atoms with Crippen LogP contribution in [0.2, 0.25) is 0 Å². The number of furan rings is 1. The third-order valence-electron chi connectivity index (χ3n) is 3.70. The minimum absolute atomic E-state index is 0.00398. The lowest BCUT2D eigenvalue weighted by atomic mass is 10.1. The summed E-state index contributed by atoms with van der Waals surface area (Å²) in [5.41, 5.74) is 0.640. The van der Waals surface area contributed by atoms with Gasteiger partial charge in [0.2, 0.25) is 0 Å². The van der Waals surface area contributed by atoms with Crippen molar-refractivity contribution in [3.63, 3.8) is 0 Å². The predicted molar refractivity (Wildman–Crippen MR) is 72.3 cm³/mol. The Balaban J connectivity index is 1.89. The van der Waals surface area contributed by atoms with E-state index in [4.69, 9.17) is 4.42 Å². The molecule has 1 atom stereocenters. The van der Waals surface area contributed by atoms with Crippen LogP contribution in [0.4, 0.5) is 0 Å². The summed E-state index contributed by atoms with van der Waals surface area (Å²) in [5, 5.41) is 7.04. The number of carbonyl (C=O) groups excluding carboxylic acids is 1. The zero-order valence-electron chi connectivity index (χ0n) is 11.9. The molecule has 1 N–H and O–H groups in total. The van der Waals surface area contributed by atoms with E-state index in [1.54, 1.807) is 6.07 Å². The Morgan fingerprint density at radius 1 is 1.45 bits per heavy atom. The number of aromatic amines is 1. The minimum Gasteiger partial charge on any atom is -0.466 e. The van der Waals surface area contributed by atoms with Gasteiger partial charge in [-0.25, -0.2) is 4.98 Å². The second-order valence-corrected chi connectivity index (χ2v) is 5.26. The van der Waals surface area contributed by atoms with Crippen molar-refractivity contribution in [2.75, 3.05) is 6.54 Å². The summed E-state index contributed by atoms with van der Waals surface area (Å²) < 4.78 is 5.46. The van der Waals surface area contributed by atoms with Gasteiger partial charge in [-0.05, 0) is 39.7 Å². The molecule has 0 aliphatic carbocycles. The maximum Gasteiger partial charge on any atom is 0.258 e. The number of amides is 1. The molecule has 6 nitrogen and oxygen atoms in total. The molecular weight excluding hydrogens is 256 g/mol. The van der Waals surface area contributed by atoms with Gasteiger partial charge in [0.25, 0.3) is 5.91 Å². The molecule has 0 spiro atoms. The van der Waals surface area contributed by atoms with Crippen molar-refractivity contribution in [1.82, 2.24) is 20.1 Å². The van der Waals surface area contributed by atoms with Crippen LogP contribution in [-0.2, 0) is 0 Å². The largest absolute Gasteiger partial charge is 0.466 e. The molecule has 1 saturated heterocycles. The summed E-state index contributed by atoms with van der Waals surface area (Å²) in [7, 11) is 0. The van der Waals surface area contributed by atoms with E-state index in [0.717, 1.165) is 31.0 Å². The van der Waals surface area contributed by atoms with Gasteiger partial charge in [-0.3, -0.25) is 9.89 Å². The quantitative estimate of drug-likeness (QED) is 0.911. The second kappa shape index (κ2) is 4.77. The van der Waals surface area contributed by atoms with Crippen molar-refractivity contribution in [1.29, 1.82) is 0 Å². The summed E-state index contributed by atoms with van der Waals surface area (Å²) in [6, 6.07) is 1.76. The Morgan fingerprint density at radius 2 is 2.25 bits per heavy atom. The van der Waals surface area contributed by atoms with E-state index < -0.39 is 0 Å². The van der Waals surface area contributed by atoms with E-state index in [-0.39, 0.29) is 11.9 Å². The smallest absolute Gasteiger partial charge is 0.258 e. The van der Waals surface area contributed by atoms with E-state index in [1.807, 2.05) is 25.7 Å². The van der Waals surface area contributed by atoms with E-state index in [2.05, 4.69) is 15.2 Å². The van der Waals surface area contributed by atoms with Crippen molar-refractivity contribution in [3.8, 4) is 0 Å². The van der Waals surface area contributed by atoms with E-state index in [9.17, 15) is 4.79 Å². The van der Waals surface area contributed by atoms with Crippen LogP contribution in [0.3, 0.4) is 0 Å². The average molecular weight is 274 g/mol. The zero-order chi connectivity index (χ0) is 14.3. The summed E-state index contributed by atoms with van der Waals surface area (Å²) in [4.78, 5) is 18.9. The molecule has 1 aliphatic heterocycles. The topological polar surface area (TPSA) is 75.0 Å². The van der Waals surface area contributed by atoms with Crippen molar-refractivity contribution in [2.24, 2.45) is 0 Å². The molecule has 2 aromatic heterocycles. The van der Waals surface area contributed by atoms with Crippen LogP contribution in [0.5, 0.6) is 0 Å². The number of likely N-dealkylation sites (tertiary alicyclic amines) is 1. The highest BCUT2D eigenvalue weighted by molar-refractivity contribution is 5.95. The van der Waals surface area contributed by atoms with Crippen LogP contribution < -0.4 is 0 Å². The number of carbonyl (C=O) groups is 1. The average Bonchev–Trinajstić information content (AvgIpc) is 3.08. The molecule has 6 heteroatoms. The monoisotopic (exact) mass is 274 g/mol. The van der Waals surface area contributed by atoms with Gasteiger partial charge in [0.05, 0.1) is 11.6 Å². The first-order valence-corrected chi connectivity index (χ1v) is 6.83. The number of aryl methyl sites for hydroxylation is 3. The van der Waals surface area contributed by atoms with Crippen LogP contribution in [0.15, 0.2) is 10.5 Å². The zero-order valence-corrected chi connectivity index (χ0v) is 11.9. The first kappa shape index (κ1) is 12.9. The highest BCUT2D eigenvalue weighted by Crippen LogP contribution is 2.32. The van der Waals surface area contributed by atoms with Crippen LogP contribution in [-0.4, -0.2) is 32.5 Å². The van der Waals surface area contributed by atoms with E-state index in [0.29, 0.717) is 17.1 Å². The van der Waals surface area contributed by atoms with Gasteiger partial charge >= 0.3 is 0 Å². The van der Waals surface area contributed by atoms with Crippen molar-refractivity contribution in [3.05, 3.63) is 34.8 Å². The molecule has 3 heterocycles. The van der Waals surface area contributed by atoms with Gasteiger partial charge < -0.3 is 9.32 Å². The molecule has 0 aromatic carbocycles. The molecule has 3 rings (SSSR count). The SMILES string of the molecule is Cc1nc([C@@H]2CCCN2C(=O)c2cc(C)oc2C)n[nH]1. The van der Waals surface area contributed by atoms with Crippen LogP contribution in [0.25, 0.3) is 0 Å². The number of hydrogen-bond acceptors (Lipinski definition) is 4. The minimum atomic E-state index is -0.0398. The Bertz CT molecular complexity index is 643. The van der Waals surface area contributed by atoms with Gasteiger partial charge in [-0.2, -0.15) is 5.10 Å². The lowest BCUT2D eigenvalue weighted by molar-refractivity contribution is 0.0728. The van der Waals surface area contributed by atoms with Gasteiger partial charge in [-0.15, -0.1) is 0 Å².